The molecule has 2 heteroatoms. The van der Waals surface area contributed by atoms with Gasteiger partial charge in [0.05, 0.1) is 6.10 Å². The Morgan fingerprint density at radius 3 is 2.74 bits per heavy atom. The smallest absolute Gasteiger partial charge is 0.0580 e. The van der Waals surface area contributed by atoms with Crippen molar-refractivity contribution in [2.24, 2.45) is 11.7 Å². The van der Waals surface area contributed by atoms with Gasteiger partial charge < -0.3 is 10.5 Å². The van der Waals surface area contributed by atoms with Gasteiger partial charge in [-0.3, -0.25) is 0 Å². The largest absolute Gasteiger partial charge is 0.378 e. The first-order valence-electron chi connectivity index (χ1n) is 7.51. The summed E-state index contributed by atoms with van der Waals surface area (Å²) in [6.07, 6.45) is 5.05. The molecular weight excluding hydrogens is 234 g/mol. The molecule has 0 aliphatic heterocycles. The van der Waals surface area contributed by atoms with Crippen molar-refractivity contribution in [3.8, 4) is 0 Å². The molecule has 1 fully saturated rings. The van der Waals surface area contributed by atoms with Crippen LogP contribution in [0.3, 0.4) is 0 Å². The molecule has 0 amide bonds. The van der Waals surface area contributed by atoms with E-state index in [1.54, 1.807) is 0 Å². The molecule has 106 valence electrons. The summed E-state index contributed by atoms with van der Waals surface area (Å²) in [6, 6.07) is 6.93. The summed E-state index contributed by atoms with van der Waals surface area (Å²) in [6.45, 7) is 7.23. The second-order valence-corrected chi connectivity index (χ2v) is 6.04. The van der Waals surface area contributed by atoms with Crippen LogP contribution in [0.15, 0.2) is 18.2 Å². The van der Waals surface area contributed by atoms with Gasteiger partial charge in [-0.1, -0.05) is 23.8 Å². The molecule has 19 heavy (non-hydrogen) atoms. The van der Waals surface area contributed by atoms with Crippen LogP contribution in [0.25, 0.3) is 0 Å². The van der Waals surface area contributed by atoms with E-state index in [-0.39, 0.29) is 6.04 Å². The molecule has 1 aliphatic carbocycles. The Kier molecular flexibility index (Phi) is 5.00. The zero-order valence-electron chi connectivity index (χ0n) is 12.5. The van der Waals surface area contributed by atoms with Crippen LogP contribution in [0, 0.1) is 19.8 Å². The highest BCUT2D eigenvalue weighted by Crippen LogP contribution is 2.33. The Bertz CT molecular complexity index is 410. The molecule has 1 aromatic carbocycles. The molecule has 1 aromatic rings. The molecule has 0 bridgehead atoms. The van der Waals surface area contributed by atoms with E-state index in [1.165, 1.54) is 29.5 Å². The second kappa shape index (κ2) is 6.53. The van der Waals surface area contributed by atoms with Crippen molar-refractivity contribution >= 4 is 0 Å². The summed E-state index contributed by atoms with van der Waals surface area (Å²) < 4.78 is 5.60. The maximum Gasteiger partial charge on any atom is 0.0580 e. The summed E-state index contributed by atoms with van der Waals surface area (Å²) >= 11 is 0. The van der Waals surface area contributed by atoms with Gasteiger partial charge in [0.25, 0.3) is 0 Å². The van der Waals surface area contributed by atoms with Crippen LogP contribution < -0.4 is 5.73 Å². The zero-order valence-corrected chi connectivity index (χ0v) is 12.5. The molecule has 2 N–H and O–H groups in total. The van der Waals surface area contributed by atoms with Gasteiger partial charge in [-0.15, -0.1) is 0 Å². The van der Waals surface area contributed by atoms with Crippen molar-refractivity contribution in [3.05, 3.63) is 34.9 Å². The summed E-state index contributed by atoms with van der Waals surface area (Å²) in [5.74, 6) is 0.775. The minimum atomic E-state index is 0.285. The lowest BCUT2D eigenvalue weighted by atomic mass is 9.77. The number of hydrogen-bond donors (Lipinski definition) is 1. The van der Waals surface area contributed by atoms with E-state index in [0.29, 0.717) is 6.10 Å². The van der Waals surface area contributed by atoms with E-state index in [9.17, 15) is 0 Å². The number of aryl methyl sites for hydroxylation is 2. The van der Waals surface area contributed by atoms with Crippen LogP contribution in [-0.2, 0) is 11.2 Å². The highest BCUT2D eigenvalue weighted by Gasteiger charge is 2.30. The molecule has 0 heterocycles. The van der Waals surface area contributed by atoms with Gasteiger partial charge >= 0.3 is 0 Å². The molecule has 0 radical (unpaired) electrons. The lowest BCUT2D eigenvalue weighted by Gasteiger charge is -2.36. The predicted molar refractivity (Wildman–Crippen MR) is 80.4 cm³/mol. The monoisotopic (exact) mass is 261 g/mol. The van der Waals surface area contributed by atoms with E-state index in [0.717, 1.165) is 25.4 Å². The Hall–Kier alpha value is -0.860. The third-order valence-corrected chi connectivity index (χ3v) is 4.22. The summed E-state index contributed by atoms with van der Waals surface area (Å²) in [5, 5.41) is 0. The zero-order chi connectivity index (χ0) is 13.8. The SMILES string of the molecule is CCOC1CC(CC(N)Cc2cc(C)ccc2C)C1. The molecule has 0 spiro atoms. The van der Waals surface area contributed by atoms with Gasteiger partial charge in [-0.25, -0.2) is 0 Å². The highest BCUT2D eigenvalue weighted by atomic mass is 16.5. The van der Waals surface area contributed by atoms with Crippen molar-refractivity contribution in [1.29, 1.82) is 0 Å². The molecule has 1 atom stereocenters. The van der Waals surface area contributed by atoms with Crippen LogP contribution in [0.4, 0.5) is 0 Å². The van der Waals surface area contributed by atoms with Crippen molar-refractivity contribution in [2.45, 2.75) is 58.6 Å². The van der Waals surface area contributed by atoms with Crippen molar-refractivity contribution in [1.82, 2.24) is 0 Å². The van der Waals surface area contributed by atoms with Crippen molar-refractivity contribution < 1.29 is 4.74 Å². The lowest BCUT2D eigenvalue weighted by molar-refractivity contribution is -0.0280. The molecule has 1 aliphatic rings. The summed E-state index contributed by atoms with van der Waals surface area (Å²) in [4.78, 5) is 0. The molecule has 0 saturated heterocycles. The molecule has 1 unspecified atom stereocenters. The second-order valence-electron chi connectivity index (χ2n) is 6.04. The highest BCUT2D eigenvalue weighted by molar-refractivity contribution is 5.31. The molecule has 2 rings (SSSR count). The topological polar surface area (TPSA) is 35.2 Å². The van der Waals surface area contributed by atoms with Crippen LogP contribution >= 0.6 is 0 Å². The van der Waals surface area contributed by atoms with Crippen LogP contribution in [0.2, 0.25) is 0 Å². The van der Waals surface area contributed by atoms with Gasteiger partial charge in [0.15, 0.2) is 0 Å². The first-order valence-corrected chi connectivity index (χ1v) is 7.51. The van der Waals surface area contributed by atoms with Crippen molar-refractivity contribution in [3.63, 3.8) is 0 Å². The first kappa shape index (κ1) is 14.5. The maximum absolute atomic E-state index is 6.31. The fourth-order valence-corrected chi connectivity index (χ4v) is 3.05. The quantitative estimate of drug-likeness (QED) is 0.852. The average molecular weight is 261 g/mol. The summed E-state index contributed by atoms with van der Waals surface area (Å²) in [5.41, 5.74) is 10.4. The van der Waals surface area contributed by atoms with Crippen molar-refractivity contribution in [2.75, 3.05) is 6.61 Å². The van der Waals surface area contributed by atoms with Gasteiger partial charge in [-0.05, 0) is 63.5 Å². The van der Waals surface area contributed by atoms with Gasteiger partial charge in [0.2, 0.25) is 0 Å². The maximum atomic E-state index is 6.31. The Labute approximate surface area is 117 Å². The number of rotatable bonds is 6. The fourth-order valence-electron chi connectivity index (χ4n) is 3.05. The van der Waals surface area contributed by atoms with Gasteiger partial charge in [0, 0.05) is 12.6 Å². The number of nitrogens with two attached hydrogens (primary N) is 1. The third-order valence-electron chi connectivity index (χ3n) is 4.22. The number of hydrogen-bond acceptors (Lipinski definition) is 2. The Morgan fingerprint density at radius 2 is 2.05 bits per heavy atom. The number of benzene rings is 1. The van der Waals surface area contributed by atoms with E-state index in [4.69, 9.17) is 10.5 Å². The average Bonchev–Trinajstić information content (AvgIpc) is 2.31. The molecule has 2 nitrogen and oxygen atoms in total. The molecular formula is C17H27NO. The summed E-state index contributed by atoms with van der Waals surface area (Å²) in [7, 11) is 0. The van der Waals surface area contributed by atoms with Crippen LogP contribution in [0.5, 0.6) is 0 Å². The Morgan fingerprint density at radius 1 is 1.32 bits per heavy atom. The van der Waals surface area contributed by atoms with E-state index in [2.05, 4.69) is 39.0 Å². The fraction of sp³-hybridized carbons (Fsp3) is 0.647. The van der Waals surface area contributed by atoms with Crippen LogP contribution in [0.1, 0.15) is 42.9 Å². The van der Waals surface area contributed by atoms with E-state index >= 15 is 0 Å². The minimum Gasteiger partial charge on any atom is -0.378 e. The number of ether oxygens (including phenoxy) is 1. The first-order chi connectivity index (χ1) is 9.08. The predicted octanol–water partition coefficient (Wildman–Crippen LogP) is 3.38. The molecule has 0 aromatic heterocycles. The lowest BCUT2D eigenvalue weighted by Crippen LogP contribution is -2.36. The minimum absolute atomic E-state index is 0.285. The normalized spacial score (nSPS) is 24.0. The Balaban J connectivity index is 1.79. The third kappa shape index (κ3) is 4.05. The van der Waals surface area contributed by atoms with E-state index < -0.39 is 0 Å². The van der Waals surface area contributed by atoms with Crippen LogP contribution in [-0.4, -0.2) is 18.8 Å². The van der Waals surface area contributed by atoms with Gasteiger partial charge in [0.1, 0.15) is 0 Å². The standard InChI is InChI=1S/C17H27NO/c1-4-19-17-9-14(10-17)8-16(18)11-15-7-12(2)5-6-13(15)3/h5-7,14,16-17H,4,8-11,18H2,1-3H3. The van der Waals surface area contributed by atoms with Gasteiger partial charge in [-0.2, -0.15) is 0 Å². The molecule has 1 saturated carbocycles. The van der Waals surface area contributed by atoms with E-state index in [1.807, 2.05) is 0 Å².